The second-order valence-electron chi connectivity index (χ2n) is 6.32. The predicted molar refractivity (Wildman–Crippen MR) is 90.7 cm³/mol. The maximum atomic E-state index is 12.4. The molecule has 3 heterocycles. The fourth-order valence-electron chi connectivity index (χ4n) is 3.04. The summed E-state index contributed by atoms with van der Waals surface area (Å²) in [5.41, 5.74) is 1.78. The van der Waals surface area contributed by atoms with E-state index in [2.05, 4.69) is 15.7 Å². The van der Waals surface area contributed by atoms with Gasteiger partial charge in [0.2, 0.25) is 11.8 Å². The molecule has 128 valence electrons. The molecule has 25 heavy (non-hydrogen) atoms. The van der Waals surface area contributed by atoms with E-state index in [1.54, 1.807) is 10.9 Å². The van der Waals surface area contributed by atoms with Crippen molar-refractivity contribution < 1.29 is 14.0 Å². The van der Waals surface area contributed by atoms with Crippen molar-refractivity contribution in [3.8, 4) is 0 Å². The topological polar surface area (TPSA) is 89.2 Å². The Labute approximate surface area is 144 Å². The molecule has 0 spiro atoms. The normalized spacial score (nSPS) is 20.5. The van der Waals surface area contributed by atoms with Crippen LogP contribution < -0.4 is 10.6 Å². The summed E-state index contributed by atoms with van der Waals surface area (Å²) < 4.78 is 7.39. The zero-order chi connectivity index (χ0) is 17.4. The third-order valence-electron chi connectivity index (χ3n) is 4.28. The van der Waals surface area contributed by atoms with Gasteiger partial charge in [0.15, 0.2) is 0 Å². The van der Waals surface area contributed by atoms with Crippen LogP contribution in [0.15, 0.2) is 47.1 Å². The molecular weight excluding hydrogens is 320 g/mol. The van der Waals surface area contributed by atoms with Gasteiger partial charge in [-0.2, -0.15) is 5.10 Å². The van der Waals surface area contributed by atoms with Crippen LogP contribution in [0.1, 0.15) is 11.3 Å². The highest BCUT2D eigenvalue weighted by atomic mass is 16.3. The van der Waals surface area contributed by atoms with E-state index in [0.29, 0.717) is 18.7 Å². The first-order valence-corrected chi connectivity index (χ1v) is 8.16. The minimum Gasteiger partial charge on any atom is -0.461 e. The Bertz CT molecular complexity index is 910. The fourth-order valence-corrected chi connectivity index (χ4v) is 3.04. The number of hydrogen-bond acceptors (Lipinski definition) is 4. The number of carbonyl (C=O) groups is 2. The molecule has 2 aromatic heterocycles. The number of hydrogen-bond donors (Lipinski definition) is 2. The van der Waals surface area contributed by atoms with Crippen LogP contribution in [-0.2, 0) is 22.6 Å². The van der Waals surface area contributed by atoms with Crippen LogP contribution in [0, 0.1) is 6.92 Å². The minimum absolute atomic E-state index is 0.214. The predicted octanol–water partition coefficient (Wildman–Crippen LogP) is 1.16. The Morgan fingerprint density at radius 1 is 1.16 bits per heavy atom. The lowest BCUT2D eigenvalue weighted by Crippen LogP contribution is -2.63. The molecule has 0 saturated carbocycles. The molecule has 1 aromatic carbocycles. The molecule has 1 saturated heterocycles. The Morgan fingerprint density at radius 3 is 2.68 bits per heavy atom. The van der Waals surface area contributed by atoms with Crippen molar-refractivity contribution >= 4 is 22.8 Å². The van der Waals surface area contributed by atoms with Gasteiger partial charge in [0.1, 0.15) is 23.4 Å². The number of furan rings is 1. The van der Waals surface area contributed by atoms with E-state index in [1.807, 2.05) is 43.5 Å². The molecule has 7 nitrogen and oxygen atoms in total. The number of piperazine rings is 1. The summed E-state index contributed by atoms with van der Waals surface area (Å²) in [6.45, 7) is 2.23. The van der Waals surface area contributed by atoms with E-state index in [9.17, 15) is 9.59 Å². The number of carbonyl (C=O) groups excluding carboxylic acids is 2. The van der Waals surface area contributed by atoms with E-state index in [4.69, 9.17) is 4.42 Å². The third-order valence-corrected chi connectivity index (χ3v) is 4.28. The largest absolute Gasteiger partial charge is 0.461 e. The molecule has 2 unspecified atom stereocenters. The van der Waals surface area contributed by atoms with E-state index in [1.165, 1.54) is 0 Å². The number of rotatable bonds is 4. The van der Waals surface area contributed by atoms with Gasteiger partial charge < -0.3 is 15.1 Å². The van der Waals surface area contributed by atoms with Crippen LogP contribution in [0.4, 0.5) is 0 Å². The molecule has 0 radical (unpaired) electrons. The third kappa shape index (κ3) is 3.13. The van der Waals surface area contributed by atoms with Crippen LogP contribution >= 0.6 is 0 Å². The van der Waals surface area contributed by atoms with Gasteiger partial charge in [0, 0.05) is 18.0 Å². The summed E-state index contributed by atoms with van der Waals surface area (Å²) >= 11 is 0. The summed E-state index contributed by atoms with van der Waals surface area (Å²) in [5, 5.41) is 10.7. The van der Waals surface area contributed by atoms with Crippen molar-refractivity contribution in [3.63, 3.8) is 0 Å². The highest BCUT2D eigenvalue weighted by Crippen LogP contribution is 2.20. The number of aryl methyl sites for hydroxylation is 1. The van der Waals surface area contributed by atoms with E-state index in [0.717, 1.165) is 16.5 Å². The summed E-state index contributed by atoms with van der Waals surface area (Å²) in [7, 11) is 0. The first-order valence-electron chi connectivity index (χ1n) is 8.16. The first-order chi connectivity index (χ1) is 12.1. The summed E-state index contributed by atoms with van der Waals surface area (Å²) in [6.07, 6.45) is 3.87. The first kappa shape index (κ1) is 15.4. The fraction of sp³-hybridized carbons (Fsp3) is 0.278. The lowest BCUT2D eigenvalue weighted by atomic mass is 10.1. The molecule has 7 heteroatoms. The smallest absolute Gasteiger partial charge is 0.245 e. The van der Waals surface area contributed by atoms with Crippen molar-refractivity contribution in [2.45, 2.75) is 32.0 Å². The molecule has 0 bridgehead atoms. The SMILES string of the molecule is Cc1cnn(CC2NC(=O)C(Cc3cc4ccccc4o3)NC2=O)c1. The van der Waals surface area contributed by atoms with Crippen molar-refractivity contribution in [2.24, 2.45) is 0 Å². The molecule has 4 rings (SSSR count). The minimum atomic E-state index is -0.635. The van der Waals surface area contributed by atoms with Gasteiger partial charge >= 0.3 is 0 Å². The molecule has 1 fully saturated rings. The summed E-state index contributed by atoms with van der Waals surface area (Å²) in [4.78, 5) is 24.7. The van der Waals surface area contributed by atoms with Crippen LogP contribution in [0.3, 0.4) is 0 Å². The lowest BCUT2D eigenvalue weighted by Gasteiger charge is -2.29. The van der Waals surface area contributed by atoms with Crippen molar-refractivity contribution in [1.29, 1.82) is 0 Å². The van der Waals surface area contributed by atoms with E-state index in [-0.39, 0.29) is 11.8 Å². The van der Waals surface area contributed by atoms with Gasteiger partial charge in [-0.25, -0.2) is 0 Å². The number of amides is 2. The van der Waals surface area contributed by atoms with Gasteiger partial charge in [-0.05, 0) is 24.6 Å². The molecule has 2 amide bonds. The second kappa shape index (κ2) is 6.08. The van der Waals surface area contributed by atoms with Crippen molar-refractivity contribution in [3.05, 3.63) is 54.0 Å². The number of nitrogens with zero attached hydrogens (tertiary/aromatic N) is 2. The maximum absolute atomic E-state index is 12.4. The Balaban J connectivity index is 1.44. The standard InChI is InChI=1S/C18H18N4O3/c1-11-8-19-22(9-11)10-15-18(24)20-14(17(23)21-15)7-13-6-12-4-2-3-5-16(12)25-13/h2-6,8-9,14-15H,7,10H2,1H3,(H,20,24)(H,21,23). The number of aromatic nitrogens is 2. The average Bonchev–Trinajstić information content (AvgIpc) is 3.17. The van der Waals surface area contributed by atoms with Gasteiger partial charge in [0.25, 0.3) is 0 Å². The van der Waals surface area contributed by atoms with Crippen LogP contribution in [-0.4, -0.2) is 33.7 Å². The zero-order valence-electron chi connectivity index (χ0n) is 13.7. The highest BCUT2D eigenvalue weighted by Gasteiger charge is 2.34. The number of fused-ring (bicyclic) bond motifs is 1. The lowest BCUT2D eigenvalue weighted by molar-refractivity contribution is -0.137. The van der Waals surface area contributed by atoms with Gasteiger partial charge in [-0.1, -0.05) is 18.2 Å². The highest BCUT2D eigenvalue weighted by molar-refractivity contribution is 5.97. The Hall–Kier alpha value is -3.09. The van der Waals surface area contributed by atoms with E-state index >= 15 is 0 Å². The van der Waals surface area contributed by atoms with Crippen LogP contribution in [0.2, 0.25) is 0 Å². The van der Waals surface area contributed by atoms with Crippen molar-refractivity contribution in [2.75, 3.05) is 0 Å². The maximum Gasteiger partial charge on any atom is 0.245 e. The molecule has 2 N–H and O–H groups in total. The average molecular weight is 338 g/mol. The quantitative estimate of drug-likeness (QED) is 0.747. The number of para-hydroxylation sites is 1. The number of benzene rings is 1. The van der Waals surface area contributed by atoms with Gasteiger partial charge in [-0.15, -0.1) is 0 Å². The van der Waals surface area contributed by atoms with Gasteiger partial charge in [-0.3, -0.25) is 14.3 Å². The molecular formula is C18H18N4O3. The van der Waals surface area contributed by atoms with Crippen LogP contribution in [0.25, 0.3) is 11.0 Å². The summed E-state index contributed by atoms with van der Waals surface area (Å²) in [5.74, 6) is 0.241. The Kier molecular flexibility index (Phi) is 3.76. The molecule has 0 aliphatic carbocycles. The molecule has 1 aliphatic heterocycles. The monoisotopic (exact) mass is 338 g/mol. The zero-order valence-corrected chi connectivity index (χ0v) is 13.7. The number of nitrogens with one attached hydrogen (secondary N) is 2. The van der Waals surface area contributed by atoms with Gasteiger partial charge in [0.05, 0.1) is 12.7 Å². The second-order valence-corrected chi connectivity index (χ2v) is 6.32. The van der Waals surface area contributed by atoms with Crippen molar-refractivity contribution in [1.82, 2.24) is 20.4 Å². The molecule has 3 aromatic rings. The van der Waals surface area contributed by atoms with E-state index < -0.39 is 12.1 Å². The van der Waals surface area contributed by atoms with Crippen LogP contribution in [0.5, 0.6) is 0 Å². The Morgan fingerprint density at radius 2 is 1.92 bits per heavy atom. The molecule has 1 aliphatic rings. The molecule has 2 atom stereocenters. The summed E-state index contributed by atoms with van der Waals surface area (Å²) in [6, 6.07) is 8.28.